The molecule has 1 saturated heterocycles. The lowest BCUT2D eigenvalue weighted by Gasteiger charge is -2.31. The standard InChI is InChI=1S/C24H29F2N5O/c1-3-7-31-15-20(14-29-31)19-10-21(25)23(22(26)11-19)32-16-18-5-8-30(9-6-18)24-27-12-17(4-2)13-28-24/h10-15,18H,3-9,16H2,1-2H3. The quantitative estimate of drug-likeness (QED) is 0.498. The van der Waals surface area contributed by atoms with Gasteiger partial charge in [0, 0.05) is 43.8 Å². The zero-order valence-corrected chi connectivity index (χ0v) is 18.6. The Kier molecular flexibility index (Phi) is 6.97. The minimum atomic E-state index is -0.690. The van der Waals surface area contributed by atoms with Gasteiger partial charge in [0.25, 0.3) is 0 Å². The molecule has 6 nitrogen and oxygen atoms in total. The predicted octanol–water partition coefficient (Wildman–Crippen LogP) is 4.89. The van der Waals surface area contributed by atoms with Gasteiger partial charge in [0.2, 0.25) is 5.95 Å². The highest BCUT2D eigenvalue weighted by Crippen LogP contribution is 2.30. The molecule has 1 aliphatic heterocycles. The Morgan fingerprint density at radius 2 is 1.69 bits per heavy atom. The maximum atomic E-state index is 14.6. The van der Waals surface area contributed by atoms with Crippen LogP contribution in [0.1, 0.15) is 38.7 Å². The second kappa shape index (κ2) is 10.1. The second-order valence-corrected chi connectivity index (χ2v) is 8.25. The Morgan fingerprint density at radius 3 is 2.31 bits per heavy atom. The third kappa shape index (κ3) is 5.06. The van der Waals surface area contributed by atoms with E-state index in [1.165, 1.54) is 12.1 Å². The molecule has 4 rings (SSSR count). The van der Waals surface area contributed by atoms with Crippen molar-refractivity contribution in [2.45, 2.75) is 46.1 Å². The number of rotatable bonds is 8. The molecule has 3 heterocycles. The van der Waals surface area contributed by atoms with Gasteiger partial charge in [-0.1, -0.05) is 13.8 Å². The van der Waals surface area contributed by atoms with Crippen LogP contribution in [0.5, 0.6) is 5.75 Å². The van der Waals surface area contributed by atoms with Gasteiger partial charge in [-0.3, -0.25) is 4.68 Å². The third-order valence-electron chi connectivity index (χ3n) is 5.88. The number of ether oxygens (including phenoxy) is 1. The van der Waals surface area contributed by atoms with Gasteiger partial charge < -0.3 is 9.64 Å². The first-order chi connectivity index (χ1) is 15.6. The molecule has 0 N–H and O–H groups in total. The summed E-state index contributed by atoms with van der Waals surface area (Å²) in [5.74, 6) is -0.728. The van der Waals surface area contributed by atoms with E-state index in [2.05, 4.69) is 26.9 Å². The van der Waals surface area contributed by atoms with E-state index in [1.807, 2.05) is 19.3 Å². The van der Waals surface area contributed by atoms with Crippen LogP contribution in [-0.2, 0) is 13.0 Å². The van der Waals surface area contributed by atoms with E-state index in [-0.39, 0.29) is 18.3 Å². The van der Waals surface area contributed by atoms with Crippen molar-refractivity contribution in [3.8, 4) is 16.9 Å². The first kappa shape index (κ1) is 22.2. The Hall–Kier alpha value is -3.03. The molecule has 0 aliphatic carbocycles. The number of halogens is 2. The summed E-state index contributed by atoms with van der Waals surface area (Å²) in [4.78, 5) is 11.0. The van der Waals surface area contributed by atoms with Crippen LogP contribution in [0.15, 0.2) is 36.9 Å². The summed E-state index contributed by atoms with van der Waals surface area (Å²) in [5.41, 5.74) is 2.25. The Labute approximate surface area is 187 Å². The minimum absolute atomic E-state index is 0.229. The lowest BCUT2D eigenvalue weighted by Crippen LogP contribution is -2.36. The molecule has 1 fully saturated rings. The fourth-order valence-corrected chi connectivity index (χ4v) is 3.92. The fourth-order valence-electron chi connectivity index (χ4n) is 3.92. The monoisotopic (exact) mass is 441 g/mol. The van der Waals surface area contributed by atoms with Crippen molar-refractivity contribution in [3.63, 3.8) is 0 Å². The zero-order chi connectivity index (χ0) is 22.5. The Balaban J connectivity index is 1.33. The van der Waals surface area contributed by atoms with Crippen molar-refractivity contribution in [1.82, 2.24) is 19.7 Å². The summed E-state index contributed by atoms with van der Waals surface area (Å²) >= 11 is 0. The smallest absolute Gasteiger partial charge is 0.225 e. The van der Waals surface area contributed by atoms with E-state index in [0.29, 0.717) is 11.1 Å². The number of hydrogen-bond donors (Lipinski definition) is 0. The molecule has 1 aromatic carbocycles. The highest BCUT2D eigenvalue weighted by molar-refractivity contribution is 5.63. The van der Waals surface area contributed by atoms with E-state index in [0.717, 1.165) is 56.8 Å². The molecule has 1 aliphatic rings. The van der Waals surface area contributed by atoms with Crippen LogP contribution in [0, 0.1) is 17.6 Å². The minimum Gasteiger partial charge on any atom is -0.487 e. The summed E-state index contributed by atoms with van der Waals surface area (Å²) in [7, 11) is 0. The largest absolute Gasteiger partial charge is 0.487 e. The summed E-state index contributed by atoms with van der Waals surface area (Å²) in [6.07, 6.45) is 10.7. The molecule has 0 atom stereocenters. The Bertz CT molecular complexity index is 1010. The van der Waals surface area contributed by atoms with E-state index >= 15 is 0 Å². The number of aryl methyl sites for hydroxylation is 2. The van der Waals surface area contributed by atoms with Gasteiger partial charge in [-0.15, -0.1) is 0 Å². The molecule has 0 radical (unpaired) electrons. The zero-order valence-electron chi connectivity index (χ0n) is 18.6. The van der Waals surface area contributed by atoms with Crippen molar-refractivity contribution in [3.05, 3.63) is 54.1 Å². The maximum Gasteiger partial charge on any atom is 0.225 e. The molecule has 0 unspecified atom stereocenters. The van der Waals surface area contributed by atoms with Gasteiger partial charge >= 0.3 is 0 Å². The van der Waals surface area contributed by atoms with Crippen molar-refractivity contribution in [2.24, 2.45) is 5.92 Å². The molecule has 0 bridgehead atoms. The van der Waals surface area contributed by atoms with Crippen LogP contribution >= 0.6 is 0 Å². The van der Waals surface area contributed by atoms with Gasteiger partial charge in [0.1, 0.15) is 0 Å². The van der Waals surface area contributed by atoms with Crippen LogP contribution in [0.2, 0.25) is 0 Å². The highest BCUT2D eigenvalue weighted by atomic mass is 19.1. The average Bonchev–Trinajstić information content (AvgIpc) is 3.28. The van der Waals surface area contributed by atoms with Gasteiger partial charge in [-0.2, -0.15) is 5.10 Å². The maximum absolute atomic E-state index is 14.6. The molecule has 0 spiro atoms. The van der Waals surface area contributed by atoms with Crippen LogP contribution in [0.25, 0.3) is 11.1 Å². The summed E-state index contributed by atoms with van der Waals surface area (Å²) < 4.78 is 36.6. The number of nitrogens with zero attached hydrogens (tertiary/aromatic N) is 5. The fraction of sp³-hybridized carbons (Fsp3) is 0.458. The van der Waals surface area contributed by atoms with E-state index < -0.39 is 11.6 Å². The van der Waals surface area contributed by atoms with Crippen molar-refractivity contribution in [1.29, 1.82) is 0 Å². The lowest BCUT2D eigenvalue weighted by molar-refractivity contribution is 0.207. The SMILES string of the molecule is CCCn1cc(-c2cc(F)c(OCC3CCN(c4ncc(CC)cn4)CC3)c(F)c2)cn1. The predicted molar refractivity (Wildman–Crippen MR) is 120 cm³/mol. The first-order valence-corrected chi connectivity index (χ1v) is 11.3. The van der Waals surface area contributed by atoms with Gasteiger partial charge in [0.05, 0.1) is 12.8 Å². The van der Waals surface area contributed by atoms with Crippen LogP contribution in [0.3, 0.4) is 0 Å². The molecule has 0 amide bonds. The molecule has 170 valence electrons. The third-order valence-corrected chi connectivity index (χ3v) is 5.88. The summed E-state index contributed by atoms with van der Waals surface area (Å²) in [6, 6.07) is 2.62. The molecule has 3 aromatic rings. The first-order valence-electron chi connectivity index (χ1n) is 11.3. The van der Waals surface area contributed by atoms with Crippen molar-refractivity contribution >= 4 is 5.95 Å². The molecular formula is C24H29F2N5O. The average molecular weight is 442 g/mol. The van der Waals surface area contributed by atoms with Crippen molar-refractivity contribution < 1.29 is 13.5 Å². The number of piperidine rings is 1. The molecule has 8 heteroatoms. The topological polar surface area (TPSA) is 56.1 Å². The van der Waals surface area contributed by atoms with E-state index in [9.17, 15) is 8.78 Å². The molecular weight excluding hydrogens is 412 g/mol. The summed E-state index contributed by atoms with van der Waals surface area (Å²) in [6.45, 7) is 6.76. The van der Waals surface area contributed by atoms with E-state index in [1.54, 1.807) is 17.1 Å². The number of anilines is 1. The molecule has 32 heavy (non-hydrogen) atoms. The normalized spacial score (nSPS) is 14.7. The van der Waals surface area contributed by atoms with Crippen LogP contribution in [-0.4, -0.2) is 39.4 Å². The number of aromatic nitrogens is 4. The van der Waals surface area contributed by atoms with Gasteiger partial charge in [-0.05, 0) is 54.9 Å². The number of hydrogen-bond acceptors (Lipinski definition) is 5. The Morgan fingerprint density at radius 1 is 1.00 bits per heavy atom. The van der Waals surface area contributed by atoms with Crippen LogP contribution < -0.4 is 9.64 Å². The van der Waals surface area contributed by atoms with Gasteiger partial charge in [-0.25, -0.2) is 18.7 Å². The second-order valence-electron chi connectivity index (χ2n) is 8.25. The highest BCUT2D eigenvalue weighted by Gasteiger charge is 2.23. The van der Waals surface area contributed by atoms with Gasteiger partial charge in [0.15, 0.2) is 17.4 Å². The van der Waals surface area contributed by atoms with Crippen molar-refractivity contribution in [2.75, 3.05) is 24.6 Å². The van der Waals surface area contributed by atoms with Crippen LogP contribution in [0.4, 0.5) is 14.7 Å². The van der Waals surface area contributed by atoms with E-state index in [4.69, 9.17) is 4.74 Å². The lowest BCUT2D eigenvalue weighted by atomic mass is 9.98. The summed E-state index contributed by atoms with van der Waals surface area (Å²) in [5, 5.41) is 4.23. The number of benzene rings is 1. The molecule has 0 saturated carbocycles. The molecule has 2 aromatic heterocycles.